The molecule has 14 heavy (non-hydrogen) atoms. The minimum atomic E-state index is 0.208. The van der Waals surface area contributed by atoms with Gasteiger partial charge >= 0.3 is 0 Å². The maximum absolute atomic E-state index is 11.6. The Balaban J connectivity index is 1.65. The average molecular weight is 198 g/mol. The number of hydrogen-bond donors (Lipinski definition) is 1. The van der Waals surface area contributed by atoms with Crippen LogP contribution in [0.25, 0.3) is 0 Å². The van der Waals surface area contributed by atoms with E-state index in [-0.39, 0.29) is 5.91 Å². The summed E-state index contributed by atoms with van der Waals surface area (Å²) >= 11 is 0. The molecule has 0 aromatic heterocycles. The monoisotopic (exact) mass is 198 g/mol. The molecule has 0 aromatic rings. The molecule has 1 aliphatic carbocycles. The zero-order valence-corrected chi connectivity index (χ0v) is 8.66. The third-order valence-corrected chi connectivity index (χ3v) is 2.96. The Morgan fingerprint density at radius 2 is 2.29 bits per heavy atom. The summed E-state index contributed by atoms with van der Waals surface area (Å²) in [5.74, 6) is 0.208. The lowest BCUT2D eigenvalue weighted by atomic mass is 10.2. The van der Waals surface area contributed by atoms with Gasteiger partial charge in [0.2, 0.25) is 5.91 Å². The molecule has 1 aliphatic heterocycles. The summed E-state index contributed by atoms with van der Waals surface area (Å²) in [6.07, 6.45) is 3.38. The molecule has 1 atom stereocenters. The van der Waals surface area contributed by atoms with Gasteiger partial charge in [-0.3, -0.25) is 4.79 Å². The van der Waals surface area contributed by atoms with Crippen LogP contribution in [0.3, 0.4) is 0 Å². The summed E-state index contributed by atoms with van der Waals surface area (Å²) in [7, 11) is 1.90. The zero-order valence-electron chi connectivity index (χ0n) is 8.66. The molecule has 0 spiro atoms. The van der Waals surface area contributed by atoms with E-state index >= 15 is 0 Å². The molecule has 1 N–H and O–H groups in total. The Morgan fingerprint density at radius 3 is 2.86 bits per heavy atom. The summed E-state index contributed by atoms with van der Waals surface area (Å²) in [5, 5.41) is 3.23. The molecule has 2 aliphatic rings. The number of hydrogen-bond acceptors (Lipinski definition) is 3. The summed E-state index contributed by atoms with van der Waals surface area (Å²) in [6, 6.07) is 0.899. The fourth-order valence-electron chi connectivity index (χ4n) is 1.72. The van der Waals surface area contributed by atoms with Gasteiger partial charge in [-0.05, 0) is 19.3 Å². The van der Waals surface area contributed by atoms with Crippen molar-refractivity contribution in [2.45, 2.75) is 31.3 Å². The molecular formula is C10H18N2O2. The largest absolute Gasteiger partial charge is 0.380 e. The first-order valence-electron chi connectivity index (χ1n) is 5.34. The third-order valence-electron chi connectivity index (χ3n) is 2.96. The Kier molecular flexibility index (Phi) is 3.03. The van der Waals surface area contributed by atoms with E-state index in [1.165, 1.54) is 12.8 Å². The molecule has 4 heteroatoms. The number of amides is 1. The van der Waals surface area contributed by atoms with E-state index in [0.717, 1.165) is 19.6 Å². The first-order valence-corrected chi connectivity index (χ1v) is 5.34. The summed E-state index contributed by atoms with van der Waals surface area (Å²) in [5.41, 5.74) is 0. The van der Waals surface area contributed by atoms with Crippen LogP contribution >= 0.6 is 0 Å². The second-order valence-electron chi connectivity index (χ2n) is 4.18. The second-order valence-corrected chi connectivity index (χ2v) is 4.18. The molecule has 0 bridgehead atoms. The fraction of sp³-hybridized carbons (Fsp3) is 0.900. The SMILES string of the molecule is CN(C(=O)CNC1CCOC1)C1CC1. The van der Waals surface area contributed by atoms with Crippen molar-refractivity contribution in [1.82, 2.24) is 10.2 Å². The Hall–Kier alpha value is -0.610. The normalized spacial score (nSPS) is 26.5. The smallest absolute Gasteiger partial charge is 0.236 e. The number of nitrogens with zero attached hydrogens (tertiary/aromatic N) is 1. The molecule has 1 saturated carbocycles. The summed E-state index contributed by atoms with van der Waals surface area (Å²) in [6.45, 7) is 2.03. The highest BCUT2D eigenvalue weighted by Gasteiger charge is 2.29. The molecule has 1 unspecified atom stereocenters. The van der Waals surface area contributed by atoms with Crippen LogP contribution in [-0.4, -0.2) is 49.7 Å². The molecular weight excluding hydrogens is 180 g/mol. The molecule has 2 rings (SSSR count). The van der Waals surface area contributed by atoms with Crippen LogP contribution in [-0.2, 0) is 9.53 Å². The first-order chi connectivity index (χ1) is 6.77. The summed E-state index contributed by atoms with van der Waals surface area (Å²) in [4.78, 5) is 13.5. The van der Waals surface area contributed by atoms with Crippen LogP contribution in [0.15, 0.2) is 0 Å². The molecule has 2 fully saturated rings. The van der Waals surface area contributed by atoms with Crippen molar-refractivity contribution in [3.8, 4) is 0 Å². The van der Waals surface area contributed by atoms with Crippen LogP contribution in [0.2, 0.25) is 0 Å². The van der Waals surface area contributed by atoms with Crippen LogP contribution < -0.4 is 5.32 Å². The standard InChI is InChI=1S/C10H18N2O2/c1-12(9-2-3-9)10(13)6-11-8-4-5-14-7-8/h8-9,11H,2-7H2,1H3. The fourth-order valence-corrected chi connectivity index (χ4v) is 1.72. The highest BCUT2D eigenvalue weighted by molar-refractivity contribution is 5.78. The van der Waals surface area contributed by atoms with Crippen molar-refractivity contribution in [2.75, 3.05) is 26.8 Å². The predicted molar refractivity (Wildman–Crippen MR) is 53.0 cm³/mol. The van der Waals surface area contributed by atoms with Gasteiger partial charge in [0, 0.05) is 25.7 Å². The molecule has 0 radical (unpaired) electrons. The number of ether oxygens (including phenoxy) is 1. The van der Waals surface area contributed by atoms with Gasteiger partial charge in [-0.25, -0.2) is 0 Å². The number of carbonyl (C=O) groups is 1. The van der Waals surface area contributed by atoms with E-state index in [9.17, 15) is 4.79 Å². The van der Waals surface area contributed by atoms with Gasteiger partial charge in [0.15, 0.2) is 0 Å². The van der Waals surface area contributed by atoms with E-state index in [0.29, 0.717) is 18.6 Å². The molecule has 0 aromatic carbocycles. The molecule has 1 amide bonds. The van der Waals surface area contributed by atoms with Crippen LogP contribution in [0, 0.1) is 0 Å². The maximum atomic E-state index is 11.6. The highest BCUT2D eigenvalue weighted by Crippen LogP contribution is 2.25. The second kappa shape index (κ2) is 4.28. The van der Waals surface area contributed by atoms with E-state index in [1.807, 2.05) is 11.9 Å². The Morgan fingerprint density at radius 1 is 1.50 bits per heavy atom. The molecule has 80 valence electrons. The minimum Gasteiger partial charge on any atom is -0.380 e. The van der Waals surface area contributed by atoms with Crippen LogP contribution in [0.4, 0.5) is 0 Å². The summed E-state index contributed by atoms with van der Waals surface area (Å²) < 4.78 is 5.22. The molecule has 1 saturated heterocycles. The van der Waals surface area contributed by atoms with Crippen molar-refractivity contribution < 1.29 is 9.53 Å². The number of rotatable bonds is 4. The van der Waals surface area contributed by atoms with Crippen molar-refractivity contribution in [2.24, 2.45) is 0 Å². The van der Waals surface area contributed by atoms with Crippen molar-refractivity contribution in [3.05, 3.63) is 0 Å². The van der Waals surface area contributed by atoms with Crippen LogP contribution in [0.5, 0.6) is 0 Å². The van der Waals surface area contributed by atoms with E-state index in [2.05, 4.69) is 5.32 Å². The van der Waals surface area contributed by atoms with Crippen molar-refractivity contribution >= 4 is 5.91 Å². The Labute approximate surface area is 84.6 Å². The van der Waals surface area contributed by atoms with Gasteiger partial charge in [-0.1, -0.05) is 0 Å². The predicted octanol–water partition coefficient (Wildman–Crippen LogP) is -0.0143. The average Bonchev–Trinajstić information content (AvgIpc) is 2.91. The van der Waals surface area contributed by atoms with Gasteiger partial charge < -0.3 is 15.0 Å². The third kappa shape index (κ3) is 2.45. The van der Waals surface area contributed by atoms with Crippen LogP contribution in [0.1, 0.15) is 19.3 Å². The molecule has 1 heterocycles. The van der Waals surface area contributed by atoms with E-state index < -0.39 is 0 Å². The highest BCUT2D eigenvalue weighted by atomic mass is 16.5. The van der Waals surface area contributed by atoms with Gasteiger partial charge in [-0.2, -0.15) is 0 Å². The first kappa shape index (κ1) is 9.93. The van der Waals surface area contributed by atoms with Gasteiger partial charge in [0.25, 0.3) is 0 Å². The van der Waals surface area contributed by atoms with E-state index in [4.69, 9.17) is 4.74 Å². The lowest BCUT2D eigenvalue weighted by molar-refractivity contribution is -0.129. The minimum absolute atomic E-state index is 0.208. The van der Waals surface area contributed by atoms with Gasteiger partial charge in [-0.15, -0.1) is 0 Å². The topological polar surface area (TPSA) is 41.6 Å². The molecule has 4 nitrogen and oxygen atoms in total. The Bertz CT molecular complexity index is 210. The number of carbonyl (C=O) groups excluding carboxylic acids is 1. The number of likely N-dealkylation sites (N-methyl/N-ethyl adjacent to an activating group) is 1. The lowest BCUT2D eigenvalue weighted by Gasteiger charge is -2.18. The zero-order chi connectivity index (χ0) is 9.97. The lowest BCUT2D eigenvalue weighted by Crippen LogP contribution is -2.41. The van der Waals surface area contributed by atoms with E-state index in [1.54, 1.807) is 0 Å². The quantitative estimate of drug-likeness (QED) is 0.690. The maximum Gasteiger partial charge on any atom is 0.236 e. The van der Waals surface area contributed by atoms with Gasteiger partial charge in [0.1, 0.15) is 0 Å². The van der Waals surface area contributed by atoms with Crippen molar-refractivity contribution in [3.63, 3.8) is 0 Å². The number of nitrogens with one attached hydrogen (secondary N) is 1. The van der Waals surface area contributed by atoms with Crippen molar-refractivity contribution in [1.29, 1.82) is 0 Å². The van der Waals surface area contributed by atoms with Gasteiger partial charge in [0.05, 0.1) is 13.2 Å².